The summed E-state index contributed by atoms with van der Waals surface area (Å²) in [6.07, 6.45) is 2.10. The van der Waals surface area contributed by atoms with Crippen LogP contribution in [0.3, 0.4) is 0 Å². The van der Waals surface area contributed by atoms with Gasteiger partial charge in [-0.05, 0) is 37.3 Å². The Morgan fingerprint density at radius 2 is 1.71 bits per heavy atom. The second-order valence-corrected chi connectivity index (χ2v) is 8.91. The summed E-state index contributed by atoms with van der Waals surface area (Å²) < 4.78 is 2.07. The Bertz CT molecular complexity index is 843. The Labute approximate surface area is 145 Å². The fourth-order valence-electron chi connectivity index (χ4n) is 5.44. The molecule has 0 saturated heterocycles. The zero-order valence-corrected chi connectivity index (χ0v) is 16.2. The lowest BCUT2D eigenvalue weighted by Crippen LogP contribution is -2.62. The minimum absolute atomic E-state index is 0.0589. The molecule has 4 rings (SSSR count). The van der Waals surface area contributed by atoms with Gasteiger partial charge in [0, 0.05) is 23.7 Å². The van der Waals surface area contributed by atoms with Crippen molar-refractivity contribution in [3.05, 3.63) is 46.8 Å². The van der Waals surface area contributed by atoms with E-state index in [-0.39, 0.29) is 16.4 Å². The number of para-hydroxylation sites is 1. The van der Waals surface area contributed by atoms with Crippen LogP contribution in [0, 0.1) is 12.3 Å². The van der Waals surface area contributed by atoms with Gasteiger partial charge >= 0.3 is 0 Å². The molecular formula is C21H29N3. The maximum atomic E-state index is 4.61. The van der Waals surface area contributed by atoms with E-state index in [1.54, 1.807) is 0 Å². The number of hydrogen-bond acceptors (Lipinski definition) is 2. The molecular weight excluding hydrogens is 294 g/mol. The standard InChI is InChI=1S/C21H29N3/c1-13-10-9-11-15-17(13)24-14(2)18-16(12-22-23(18)8)21(24,7)20(5,6)19(15,3)4/h9-12,14H,1-8H3. The van der Waals surface area contributed by atoms with E-state index < -0.39 is 0 Å². The lowest BCUT2D eigenvalue weighted by Gasteiger charge is -2.62. The molecule has 0 N–H and O–H groups in total. The molecule has 2 aliphatic heterocycles. The number of rotatable bonds is 0. The van der Waals surface area contributed by atoms with Gasteiger partial charge in [-0.2, -0.15) is 5.10 Å². The van der Waals surface area contributed by atoms with Crippen LogP contribution in [-0.4, -0.2) is 9.78 Å². The van der Waals surface area contributed by atoms with E-state index in [1.807, 2.05) is 0 Å². The molecule has 1 aromatic heterocycles. The molecule has 3 heterocycles. The molecule has 0 spiro atoms. The number of benzene rings is 1. The predicted octanol–water partition coefficient (Wildman–Crippen LogP) is 4.84. The van der Waals surface area contributed by atoms with Gasteiger partial charge < -0.3 is 4.90 Å². The Balaban J connectivity index is 2.15. The third-order valence-corrected chi connectivity index (χ3v) is 7.71. The van der Waals surface area contributed by atoms with E-state index in [4.69, 9.17) is 0 Å². The van der Waals surface area contributed by atoms with Crippen LogP contribution in [0.4, 0.5) is 5.69 Å². The lowest BCUT2D eigenvalue weighted by molar-refractivity contribution is 0.0649. The first-order valence-electron chi connectivity index (χ1n) is 8.98. The molecule has 3 nitrogen and oxygen atoms in total. The van der Waals surface area contributed by atoms with E-state index >= 15 is 0 Å². The monoisotopic (exact) mass is 323 g/mol. The van der Waals surface area contributed by atoms with Gasteiger partial charge in [0.2, 0.25) is 0 Å². The van der Waals surface area contributed by atoms with Crippen LogP contribution in [0.2, 0.25) is 0 Å². The zero-order chi connectivity index (χ0) is 17.7. The number of anilines is 1. The van der Waals surface area contributed by atoms with Crippen LogP contribution in [-0.2, 0) is 18.0 Å². The average Bonchev–Trinajstić information content (AvgIpc) is 2.98. The quantitative estimate of drug-likeness (QED) is 0.691. The number of aromatic nitrogens is 2. The van der Waals surface area contributed by atoms with Crippen LogP contribution in [0.5, 0.6) is 0 Å². The van der Waals surface area contributed by atoms with Crippen molar-refractivity contribution in [3.63, 3.8) is 0 Å². The Kier molecular flexibility index (Phi) is 2.79. The molecule has 2 atom stereocenters. The molecule has 0 aliphatic carbocycles. The zero-order valence-electron chi connectivity index (χ0n) is 16.2. The summed E-state index contributed by atoms with van der Waals surface area (Å²) in [5, 5.41) is 4.61. The largest absolute Gasteiger partial charge is 0.353 e. The maximum Gasteiger partial charge on any atom is 0.0726 e. The number of fused-ring (bicyclic) bond motifs is 5. The van der Waals surface area contributed by atoms with Gasteiger partial charge in [0.05, 0.1) is 23.5 Å². The van der Waals surface area contributed by atoms with E-state index in [2.05, 4.69) is 94.6 Å². The van der Waals surface area contributed by atoms with E-state index in [9.17, 15) is 0 Å². The topological polar surface area (TPSA) is 21.1 Å². The van der Waals surface area contributed by atoms with Gasteiger partial charge in [0.1, 0.15) is 0 Å². The van der Waals surface area contributed by atoms with Crippen molar-refractivity contribution >= 4 is 5.69 Å². The molecule has 0 bridgehead atoms. The van der Waals surface area contributed by atoms with Crippen molar-refractivity contribution in [2.24, 2.45) is 12.5 Å². The highest BCUT2D eigenvalue weighted by molar-refractivity contribution is 5.71. The highest BCUT2D eigenvalue weighted by Crippen LogP contribution is 2.67. The average molecular weight is 323 g/mol. The van der Waals surface area contributed by atoms with Crippen molar-refractivity contribution in [2.45, 2.75) is 65.5 Å². The summed E-state index contributed by atoms with van der Waals surface area (Å²) in [5.41, 5.74) is 7.07. The maximum absolute atomic E-state index is 4.61. The van der Waals surface area contributed by atoms with Crippen LogP contribution in [0.1, 0.15) is 70.0 Å². The van der Waals surface area contributed by atoms with Crippen molar-refractivity contribution in [1.82, 2.24) is 9.78 Å². The van der Waals surface area contributed by atoms with Gasteiger partial charge in [-0.15, -0.1) is 0 Å². The molecule has 2 aliphatic rings. The first-order chi connectivity index (χ1) is 11.1. The highest BCUT2D eigenvalue weighted by Gasteiger charge is 2.64. The third kappa shape index (κ3) is 1.40. The van der Waals surface area contributed by atoms with Crippen LogP contribution < -0.4 is 4.90 Å². The minimum Gasteiger partial charge on any atom is -0.353 e. The molecule has 2 aromatic rings. The summed E-state index contributed by atoms with van der Waals surface area (Å²) in [4.78, 5) is 2.68. The van der Waals surface area contributed by atoms with Gasteiger partial charge in [0.25, 0.3) is 0 Å². The van der Waals surface area contributed by atoms with Crippen LogP contribution >= 0.6 is 0 Å². The Morgan fingerprint density at radius 1 is 1.04 bits per heavy atom. The highest BCUT2D eigenvalue weighted by atomic mass is 15.4. The molecule has 1 aromatic carbocycles. The second kappa shape index (κ2) is 4.25. The van der Waals surface area contributed by atoms with Crippen molar-refractivity contribution in [2.75, 3.05) is 4.90 Å². The first-order valence-corrected chi connectivity index (χ1v) is 8.98. The summed E-state index contributed by atoms with van der Waals surface area (Å²) in [6.45, 7) is 16.7. The fraction of sp³-hybridized carbons (Fsp3) is 0.571. The third-order valence-electron chi connectivity index (χ3n) is 7.71. The molecule has 0 fully saturated rings. The summed E-state index contributed by atoms with van der Waals surface area (Å²) in [6, 6.07) is 7.12. The smallest absolute Gasteiger partial charge is 0.0726 e. The number of aryl methyl sites for hydroxylation is 2. The second-order valence-electron chi connectivity index (χ2n) is 8.91. The van der Waals surface area contributed by atoms with E-state index in [0.717, 1.165) is 0 Å². The van der Waals surface area contributed by atoms with E-state index in [0.29, 0.717) is 6.04 Å². The van der Waals surface area contributed by atoms with Gasteiger partial charge in [-0.1, -0.05) is 45.9 Å². The molecule has 24 heavy (non-hydrogen) atoms. The molecule has 0 amide bonds. The molecule has 3 heteroatoms. The fourth-order valence-corrected chi connectivity index (χ4v) is 5.44. The Hall–Kier alpha value is -1.77. The molecule has 0 saturated carbocycles. The summed E-state index contributed by atoms with van der Waals surface area (Å²) >= 11 is 0. The van der Waals surface area contributed by atoms with E-state index in [1.165, 1.54) is 28.1 Å². The summed E-state index contributed by atoms with van der Waals surface area (Å²) in [5.74, 6) is 0. The Morgan fingerprint density at radius 3 is 2.38 bits per heavy atom. The lowest BCUT2D eigenvalue weighted by atomic mass is 9.51. The van der Waals surface area contributed by atoms with Crippen molar-refractivity contribution < 1.29 is 0 Å². The molecule has 0 radical (unpaired) electrons. The van der Waals surface area contributed by atoms with Gasteiger partial charge in [-0.3, -0.25) is 4.68 Å². The van der Waals surface area contributed by atoms with Gasteiger partial charge in [0.15, 0.2) is 0 Å². The minimum atomic E-state index is -0.0708. The molecule has 2 unspecified atom stereocenters. The van der Waals surface area contributed by atoms with Gasteiger partial charge in [-0.25, -0.2) is 0 Å². The van der Waals surface area contributed by atoms with Crippen molar-refractivity contribution in [3.8, 4) is 0 Å². The molecule has 128 valence electrons. The predicted molar refractivity (Wildman–Crippen MR) is 99.4 cm³/mol. The normalized spacial score (nSPS) is 29.2. The SMILES string of the molecule is Cc1cccc2c1N1C(C)c3c(cnn3C)C1(C)C(C)(C)C2(C)C. The number of nitrogens with zero attached hydrogens (tertiary/aromatic N) is 3. The number of hydrogen-bond donors (Lipinski definition) is 0. The van der Waals surface area contributed by atoms with Crippen LogP contribution in [0.15, 0.2) is 24.4 Å². The first kappa shape index (κ1) is 15.7. The van der Waals surface area contributed by atoms with Crippen molar-refractivity contribution in [1.29, 1.82) is 0 Å². The summed E-state index contributed by atoms with van der Waals surface area (Å²) in [7, 11) is 2.08. The van der Waals surface area contributed by atoms with Crippen LogP contribution in [0.25, 0.3) is 0 Å².